The lowest BCUT2D eigenvalue weighted by Gasteiger charge is -2.16. The van der Waals surface area contributed by atoms with Crippen LogP contribution in [0.2, 0.25) is 0 Å². The molecule has 0 aliphatic carbocycles. The van der Waals surface area contributed by atoms with Gasteiger partial charge in [0.05, 0.1) is 18.1 Å². The fourth-order valence-corrected chi connectivity index (χ4v) is 1.23. The molecule has 1 rings (SSSR count). The summed E-state index contributed by atoms with van der Waals surface area (Å²) in [7, 11) is 0. The molecule has 0 bridgehead atoms. The van der Waals surface area contributed by atoms with Crippen molar-refractivity contribution in [2.75, 3.05) is 5.73 Å². The Morgan fingerprint density at radius 3 is 2.59 bits per heavy atom. The van der Waals surface area contributed by atoms with Gasteiger partial charge in [-0.3, -0.25) is 0 Å². The van der Waals surface area contributed by atoms with Gasteiger partial charge in [-0.05, 0) is 0 Å². The maximum atomic E-state index is 12.2. The number of pyridine rings is 1. The van der Waals surface area contributed by atoms with Crippen LogP contribution in [0.4, 0.5) is 19.0 Å². The van der Waals surface area contributed by atoms with E-state index in [1.165, 1.54) is 0 Å². The Kier molecular flexibility index (Phi) is 3.75. The Bertz CT molecular complexity index is 453. The number of anilines is 1. The number of alkyl halides is 3. The maximum absolute atomic E-state index is 12.2. The number of aromatic nitrogens is 1. The average Bonchev–Trinajstić information content (AvgIpc) is 2.22. The van der Waals surface area contributed by atoms with Gasteiger partial charge in [-0.1, -0.05) is 0 Å². The van der Waals surface area contributed by atoms with E-state index in [1.807, 2.05) is 0 Å². The van der Waals surface area contributed by atoms with Crippen molar-refractivity contribution in [2.45, 2.75) is 19.3 Å². The highest BCUT2D eigenvalue weighted by molar-refractivity contribution is 5.53. The molecule has 8 heteroatoms. The third-order valence-corrected chi connectivity index (χ3v) is 1.93. The first kappa shape index (κ1) is 13.1. The summed E-state index contributed by atoms with van der Waals surface area (Å²) in [6.45, 7) is -0.197. The van der Waals surface area contributed by atoms with E-state index in [4.69, 9.17) is 16.7 Å². The molecule has 0 radical (unpaired) electrons. The van der Waals surface area contributed by atoms with E-state index >= 15 is 0 Å². The number of nitrogens with two attached hydrogens (primary N) is 2. The van der Waals surface area contributed by atoms with Crippen LogP contribution in [0.25, 0.3) is 0 Å². The lowest BCUT2D eigenvalue weighted by molar-refractivity contribution is -0.275. The van der Waals surface area contributed by atoms with Crippen LogP contribution in [0.3, 0.4) is 0 Å². The number of nitrogen functional groups attached to an aromatic ring is 1. The van der Waals surface area contributed by atoms with E-state index in [9.17, 15) is 13.2 Å². The van der Waals surface area contributed by atoms with Crippen molar-refractivity contribution in [1.82, 2.24) is 4.98 Å². The van der Waals surface area contributed by atoms with Gasteiger partial charge in [-0.2, -0.15) is 5.26 Å². The third-order valence-electron chi connectivity index (χ3n) is 1.93. The van der Waals surface area contributed by atoms with Crippen LogP contribution in [0, 0.1) is 11.3 Å². The molecule has 0 saturated carbocycles. The number of hydrogen-bond donors (Lipinski definition) is 2. The number of halogens is 3. The SMILES string of the molecule is N#CCc1c(N)ncc(CN)c1OC(F)(F)F. The van der Waals surface area contributed by atoms with E-state index < -0.39 is 12.1 Å². The summed E-state index contributed by atoms with van der Waals surface area (Å²) in [5.41, 5.74) is 10.6. The van der Waals surface area contributed by atoms with Crippen molar-refractivity contribution in [2.24, 2.45) is 5.73 Å². The molecule has 1 aromatic heterocycles. The van der Waals surface area contributed by atoms with Crippen molar-refractivity contribution in [3.8, 4) is 11.8 Å². The highest BCUT2D eigenvalue weighted by atomic mass is 19.4. The van der Waals surface area contributed by atoms with Gasteiger partial charge in [-0.25, -0.2) is 4.98 Å². The summed E-state index contributed by atoms with van der Waals surface area (Å²) in [5, 5.41) is 8.53. The van der Waals surface area contributed by atoms with Gasteiger partial charge in [0.15, 0.2) is 0 Å². The van der Waals surface area contributed by atoms with Crippen molar-refractivity contribution < 1.29 is 17.9 Å². The summed E-state index contributed by atoms with van der Waals surface area (Å²) in [6.07, 6.45) is -4.11. The smallest absolute Gasteiger partial charge is 0.405 e. The van der Waals surface area contributed by atoms with Crippen LogP contribution in [0.1, 0.15) is 11.1 Å². The normalized spacial score (nSPS) is 11.0. The van der Waals surface area contributed by atoms with Gasteiger partial charge in [0.1, 0.15) is 11.6 Å². The first-order chi connectivity index (χ1) is 7.89. The molecule has 0 saturated heterocycles. The molecule has 92 valence electrons. The second-order valence-corrected chi connectivity index (χ2v) is 3.06. The Hall–Kier alpha value is -2.01. The molecular weight excluding hydrogens is 237 g/mol. The van der Waals surface area contributed by atoms with Crippen molar-refractivity contribution in [3.05, 3.63) is 17.3 Å². The highest BCUT2D eigenvalue weighted by Gasteiger charge is 2.33. The van der Waals surface area contributed by atoms with Crippen LogP contribution in [0.15, 0.2) is 6.20 Å². The first-order valence-corrected chi connectivity index (χ1v) is 4.48. The summed E-state index contributed by atoms with van der Waals surface area (Å²) in [4.78, 5) is 3.66. The number of nitrogens with zero attached hydrogens (tertiary/aromatic N) is 2. The van der Waals surface area contributed by atoms with E-state index in [-0.39, 0.29) is 29.9 Å². The minimum absolute atomic E-state index is 0.0433. The second-order valence-electron chi connectivity index (χ2n) is 3.06. The zero-order chi connectivity index (χ0) is 13.1. The van der Waals surface area contributed by atoms with Gasteiger partial charge >= 0.3 is 6.36 Å². The Balaban J connectivity index is 3.30. The number of hydrogen-bond acceptors (Lipinski definition) is 5. The molecule has 5 nitrogen and oxygen atoms in total. The molecule has 4 N–H and O–H groups in total. The Morgan fingerprint density at radius 2 is 2.12 bits per heavy atom. The third kappa shape index (κ3) is 3.22. The average molecular weight is 246 g/mol. The molecule has 17 heavy (non-hydrogen) atoms. The monoisotopic (exact) mass is 246 g/mol. The van der Waals surface area contributed by atoms with Crippen LogP contribution >= 0.6 is 0 Å². The Labute approximate surface area is 94.8 Å². The molecule has 0 aliphatic heterocycles. The fourth-order valence-electron chi connectivity index (χ4n) is 1.23. The predicted molar refractivity (Wildman–Crippen MR) is 52.5 cm³/mol. The zero-order valence-electron chi connectivity index (χ0n) is 8.58. The van der Waals surface area contributed by atoms with Crippen molar-refractivity contribution in [1.29, 1.82) is 5.26 Å². The van der Waals surface area contributed by atoms with Crippen LogP contribution < -0.4 is 16.2 Å². The number of ether oxygens (including phenoxy) is 1. The molecule has 0 aliphatic rings. The Morgan fingerprint density at radius 1 is 1.47 bits per heavy atom. The largest absolute Gasteiger partial charge is 0.573 e. The minimum Gasteiger partial charge on any atom is -0.405 e. The molecule has 1 heterocycles. The lowest BCUT2D eigenvalue weighted by atomic mass is 10.1. The van der Waals surface area contributed by atoms with Crippen molar-refractivity contribution >= 4 is 5.82 Å². The number of rotatable bonds is 3. The zero-order valence-corrected chi connectivity index (χ0v) is 8.58. The van der Waals surface area contributed by atoms with Gasteiger partial charge in [-0.15, -0.1) is 13.2 Å². The molecule has 0 amide bonds. The van der Waals surface area contributed by atoms with Crippen LogP contribution in [-0.4, -0.2) is 11.3 Å². The molecule has 1 aromatic rings. The molecule has 0 atom stereocenters. The molecule has 0 unspecified atom stereocenters. The quantitative estimate of drug-likeness (QED) is 0.831. The summed E-state index contributed by atoms with van der Waals surface area (Å²) in [6, 6.07) is 1.69. The lowest BCUT2D eigenvalue weighted by Crippen LogP contribution is -2.20. The predicted octanol–water partition coefficient (Wildman–Crippen LogP) is 1.09. The second kappa shape index (κ2) is 4.88. The van der Waals surface area contributed by atoms with Gasteiger partial charge in [0.25, 0.3) is 0 Å². The van der Waals surface area contributed by atoms with Crippen LogP contribution in [-0.2, 0) is 13.0 Å². The number of nitriles is 1. The maximum Gasteiger partial charge on any atom is 0.573 e. The van der Waals surface area contributed by atoms with E-state index in [2.05, 4.69) is 9.72 Å². The molecule has 0 fully saturated rings. The molecular formula is C9H9F3N4O. The highest BCUT2D eigenvalue weighted by Crippen LogP contribution is 2.32. The summed E-state index contributed by atoms with van der Waals surface area (Å²) in [5.74, 6) is -0.711. The topological polar surface area (TPSA) is 98.0 Å². The van der Waals surface area contributed by atoms with Gasteiger partial charge in [0, 0.05) is 18.3 Å². The molecule has 0 aromatic carbocycles. The van der Waals surface area contributed by atoms with E-state index in [0.29, 0.717) is 0 Å². The molecule has 0 spiro atoms. The minimum atomic E-state index is -4.87. The van der Waals surface area contributed by atoms with Crippen LogP contribution in [0.5, 0.6) is 5.75 Å². The van der Waals surface area contributed by atoms with Gasteiger partial charge < -0.3 is 16.2 Å². The van der Waals surface area contributed by atoms with Crippen molar-refractivity contribution in [3.63, 3.8) is 0 Å². The van der Waals surface area contributed by atoms with Gasteiger partial charge in [0.2, 0.25) is 0 Å². The van der Waals surface area contributed by atoms with E-state index in [1.54, 1.807) is 6.07 Å². The summed E-state index contributed by atoms with van der Waals surface area (Å²) < 4.78 is 40.4. The first-order valence-electron chi connectivity index (χ1n) is 4.48. The standard InChI is InChI=1S/C9H9F3N4O/c10-9(11,12)17-7-5(3-14)4-16-8(15)6(7)1-2-13/h4H,1,3,14H2,(H2,15,16). The van der Waals surface area contributed by atoms with E-state index in [0.717, 1.165) is 6.20 Å². The summed E-state index contributed by atoms with van der Waals surface area (Å²) >= 11 is 0. The fraction of sp³-hybridized carbons (Fsp3) is 0.333.